The van der Waals surface area contributed by atoms with Crippen molar-refractivity contribution in [2.24, 2.45) is 0 Å². The molecule has 21 heavy (non-hydrogen) atoms. The van der Waals surface area contributed by atoms with Crippen LogP contribution in [0.1, 0.15) is 23.7 Å². The van der Waals surface area contributed by atoms with Gasteiger partial charge in [0, 0.05) is 52.7 Å². The fourth-order valence-corrected chi connectivity index (χ4v) is 4.61. The second-order valence-corrected chi connectivity index (χ2v) is 6.74. The number of aromatic nitrogens is 1. The molecule has 0 fully saturated rings. The summed E-state index contributed by atoms with van der Waals surface area (Å²) in [7, 11) is 0. The van der Waals surface area contributed by atoms with Gasteiger partial charge in [-0.1, -0.05) is 13.0 Å². The third kappa shape index (κ3) is 1.95. The molecule has 1 aliphatic rings. The zero-order valence-electron chi connectivity index (χ0n) is 12.4. The molecule has 0 unspecified atom stereocenters. The van der Waals surface area contributed by atoms with Gasteiger partial charge in [-0.05, 0) is 35.1 Å². The van der Waals surface area contributed by atoms with E-state index in [9.17, 15) is 0 Å². The van der Waals surface area contributed by atoms with E-state index in [4.69, 9.17) is 0 Å². The van der Waals surface area contributed by atoms with E-state index in [1.165, 1.54) is 37.8 Å². The summed E-state index contributed by atoms with van der Waals surface area (Å²) in [6.07, 6.45) is 4.23. The SMILES string of the molecule is C=CCN1CCc2[nH]c3ccc4scc(CC)c4c3c2C1. The summed E-state index contributed by atoms with van der Waals surface area (Å²) in [5.74, 6) is 0. The molecule has 2 aromatic heterocycles. The summed E-state index contributed by atoms with van der Waals surface area (Å²) < 4.78 is 1.42. The van der Waals surface area contributed by atoms with E-state index < -0.39 is 0 Å². The molecule has 0 amide bonds. The predicted molar refractivity (Wildman–Crippen MR) is 92.2 cm³/mol. The summed E-state index contributed by atoms with van der Waals surface area (Å²) in [6.45, 7) is 9.28. The summed E-state index contributed by atoms with van der Waals surface area (Å²) >= 11 is 1.87. The highest BCUT2D eigenvalue weighted by Gasteiger charge is 2.22. The van der Waals surface area contributed by atoms with Crippen LogP contribution in [0.15, 0.2) is 30.2 Å². The van der Waals surface area contributed by atoms with Crippen LogP contribution < -0.4 is 0 Å². The minimum absolute atomic E-state index is 0.979. The lowest BCUT2D eigenvalue weighted by Gasteiger charge is -2.25. The molecule has 1 aromatic carbocycles. The van der Waals surface area contributed by atoms with Gasteiger partial charge in [0.05, 0.1) is 0 Å². The molecule has 0 aliphatic carbocycles. The average molecular weight is 296 g/mol. The van der Waals surface area contributed by atoms with Gasteiger partial charge in [0.15, 0.2) is 0 Å². The molecular formula is C18H20N2S. The van der Waals surface area contributed by atoms with Crippen molar-refractivity contribution in [1.82, 2.24) is 9.88 Å². The van der Waals surface area contributed by atoms with Crippen molar-refractivity contribution in [3.8, 4) is 0 Å². The molecule has 0 radical (unpaired) electrons. The minimum Gasteiger partial charge on any atom is -0.358 e. The lowest BCUT2D eigenvalue weighted by molar-refractivity contribution is 0.282. The number of rotatable bonds is 3. The molecule has 0 spiro atoms. The molecule has 0 bridgehead atoms. The van der Waals surface area contributed by atoms with Gasteiger partial charge in [-0.15, -0.1) is 17.9 Å². The first-order chi connectivity index (χ1) is 10.3. The second-order valence-electron chi connectivity index (χ2n) is 5.83. The van der Waals surface area contributed by atoms with Crippen LogP contribution in [0.4, 0.5) is 0 Å². The third-order valence-electron chi connectivity index (χ3n) is 4.60. The summed E-state index contributed by atoms with van der Waals surface area (Å²) in [6, 6.07) is 4.52. The van der Waals surface area contributed by atoms with Gasteiger partial charge in [-0.3, -0.25) is 4.90 Å². The molecule has 1 aliphatic heterocycles. The number of aryl methyl sites for hydroxylation is 1. The predicted octanol–water partition coefficient (Wildman–Crippen LogP) is 4.49. The normalized spacial score (nSPS) is 15.7. The molecule has 0 saturated heterocycles. The van der Waals surface area contributed by atoms with E-state index in [0.29, 0.717) is 0 Å². The number of hydrogen-bond acceptors (Lipinski definition) is 2. The van der Waals surface area contributed by atoms with E-state index in [2.05, 4.69) is 40.9 Å². The quantitative estimate of drug-likeness (QED) is 0.706. The van der Waals surface area contributed by atoms with Gasteiger partial charge in [0.2, 0.25) is 0 Å². The maximum absolute atomic E-state index is 3.88. The van der Waals surface area contributed by atoms with Crippen molar-refractivity contribution in [1.29, 1.82) is 0 Å². The van der Waals surface area contributed by atoms with E-state index in [1.807, 2.05) is 17.4 Å². The van der Waals surface area contributed by atoms with Crippen molar-refractivity contribution in [3.05, 3.63) is 47.0 Å². The Balaban J connectivity index is 1.98. The second kappa shape index (κ2) is 5.00. The highest BCUT2D eigenvalue weighted by atomic mass is 32.1. The molecule has 0 saturated carbocycles. The Kier molecular flexibility index (Phi) is 3.12. The van der Waals surface area contributed by atoms with Crippen LogP contribution in [0.2, 0.25) is 0 Å². The first-order valence-corrected chi connectivity index (χ1v) is 8.55. The molecule has 3 heterocycles. The van der Waals surface area contributed by atoms with Gasteiger partial charge >= 0.3 is 0 Å². The van der Waals surface area contributed by atoms with Crippen molar-refractivity contribution in [3.63, 3.8) is 0 Å². The summed E-state index contributed by atoms with van der Waals surface area (Å²) in [5.41, 5.74) is 5.74. The maximum atomic E-state index is 3.88. The van der Waals surface area contributed by atoms with Crippen LogP contribution in [-0.2, 0) is 19.4 Å². The number of hydrogen-bond donors (Lipinski definition) is 1. The molecule has 3 aromatic rings. The number of fused-ring (bicyclic) bond motifs is 5. The Morgan fingerprint density at radius 2 is 2.29 bits per heavy atom. The number of H-pyrrole nitrogens is 1. The summed E-state index contributed by atoms with van der Waals surface area (Å²) in [5, 5.41) is 5.28. The van der Waals surface area contributed by atoms with Crippen LogP contribution in [-0.4, -0.2) is 23.0 Å². The van der Waals surface area contributed by atoms with Gasteiger partial charge in [0.1, 0.15) is 0 Å². The molecule has 4 rings (SSSR count). The van der Waals surface area contributed by atoms with Gasteiger partial charge in [0.25, 0.3) is 0 Å². The zero-order valence-corrected chi connectivity index (χ0v) is 13.2. The van der Waals surface area contributed by atoms with Crippen molar-refractivity contribution < 1.29 is 0 Å². The van der Waals surface area contributed by atoms with Gasteiger partial charge in [-0.2, -0.15) is 0 Å². The third-order valence-corrected chi connectivity index (χ3v) is 5.59. The van der Waals surface area contributed by atoms with E-state index in [1.54, 1.807) is 0 Å². The zero-order chi connectivity index (χ0) is 14.4. The standard InChI is InChI=1S/C18H20N2S/c1-3-8-20-9-7-14-13(10-20)18-15(19-14)5-6-16-17(18)12(4-2)11-21-16/h3,5-6,11,19H,1,4,7-10H2,2H3. The highest BCUT2D eigenvalue weighted by Crippen LogP contribution is 2.38. The average Bonchev–Trinajstić information content (AvgIpc) is 3.07. The Hall–Kier alpha value is -1.58. The molecular weight excluding hydrogens is 276 g/mol. The van der Waals surface area contributed by atoms with E-state index in [-0.39, 0.29) is 0 Å². The Bertz CT molecular complexity index is 825. The molecule has 2 nitrogen and oxygen atoms in total. The smallest absolute Gasteiger partial charge is 0.0466 e. The first kappa shape index (κ1) is 13.1. The van der Waals surface area contributed by atoms with Crippen LogP contribution in [0.3, 0.4) is 0 Å². The van der Waals surface area contributed by atoms with Crippen LogP contribution in [0.25, 0.3) is 21.0 Å². The van der Waals surface area contributed by atoms with Crippen molar-refractivity contribution >= 4 is 32.3 Å². The number of benzene rings is 1. The van der Waals surface area contributed by atoms with E-state index in [0.717, 1.165) is 32.5 Å². The Morgan fingerprint density at radius 3 is 3.10 bits per heavy atom. The fourth-order valence-electron chi connectivity index (χ4n) is 3.56. The molecule has 108 valence electrons. The van der Waals surface area contributed by atoms with E-state index >= 15 is 0 Å². The van der Waals surface area contributed by atoms with Crippen molar-refractivity contribution in [2.45, 2.75) is 26.3 Å². The number of aromatic amines is 1. The number of nitrogens with one attached hydrogen (secondary N) is 1. The van der Waals surface area contributed by atoms with Crippen LogP contribution in [0, 0.1) is 0 Å². The van der Waals surface area contributed by atoms with Gasteiger partial charge in [-0.25, -0.2) is 0 Å². The largest absolute Gasteiger partial charge is 0.358 e. The van der Waals surface area contributed by atoms with Crippen molar-refractivity contribution in [2.75, 3.05) is 13.1 Å². The van der Waals surface area contributed by atoms with Crippen LogP contribution in [0.5, 0.6) is 0 Å². The molecule has 0 atom stereocenters. The lowest BCUT2D eigenvalue weighted by Crippen LogP contribution is -2.30. The van der Waals surface area contributed by atoms with Crippen LogP contribution >= 0.6 is 11.3 Å². The Labute approximate surface area is 129 Å². The first-order valence-electron chi connectivity index (χ1n) is 7.67. The minimum atomic E-state index is 0.979. The summed E-state index contributed by atoms with van der Waals surface area (Å²) in [4.78, 5) is 6.15. The lowest BCUT2D eigenvalue weighted by atomic mass is 9.99. The highest BCUT2D eigenvalue weighted by molar-refractivity contribution is 7.17. The topological polar surface area (TPSA) is 19.0 Å². The number of nitrogens with zero attached hydrogens (tertiary/aromatic N) is 1. The number of thiophene rings is 1. The maximum Gasteiger partial charge on any atom is 0.0466 e. The van der Waals surface area contributed by atoms with Gasteiger partial charge < -0.3 is 4.98 Å². The fraction of sp³-hybridized carbons (Fsp3) is 0.333. The molecule has 1 N–H and O–H groups in total. The monoisotopic (exact) mass is 296 g/mol. The Morgan fingerprint density at radius 1 is 1.38 bits per heavy atom. The molecule has 3 heteroatoms.